The number of aryl methyl sites for hydroxylation is 1. The molecule has 0 aliphatic carbocycles. The fourth-order valence-corrected chi connectivity index (χ4v) is 3.60. The minimum Gasteiger partial charge on any atom is -0.489 e. The van der Waals surface area contributed by atoms with Crippen molar-refractivity contribution >= 4 is 11.9 Å². The number of hydrogen-bond acceptors (Lipinski definition) is 4. The van der Waals surface area contributed by atoms with Crippen molar-refractivity contribution in [2.75, 3.05) is 6.54 Å². The fraction of sp³-hybridized carbons (Fsp3) is 0.355. The van der Waals surface area contributed by atoms with Crippen molar-refractivity contribution in [3.8, 4) is 5.75 Å². The molecule has 0 saturated carbocycles. The van der Waals surface area contributed by atoms with Crippen LogP contribution < -0.4 is 10.5 Å². The van der Waals surface area contributed by atoms with Gasteiger partial charge in [-0.2, -0.15) is 0 Å². The Hall–Kier alpha value is -3.78. The van der Waals surface area contributed by atoms with Crippen LogP contribution in [0.5, 0.6) is 5.75 Å². The molecule has 3 rings (SSSR count). The van der Waals surface area contributed by atoms with Crippen LogP contribution in [0.15, 0.2) is 66.7 Å². The number of benzene rings is 3. The number of nitrogens with zero attached hydrogens (tertiary/aromatic N) is 1. The molecule has 3 aromatic carbocycles. The van der Waals surface area contributed by atoms with Crippen molar-refractivity contribution in [1.82, 2.24) is 4.90 Å². The molecule has 8 heteroatoms. The lowest BCUT2D eigenvalue weighted by molar-refractivity contribution is -0.131. The Morgan fingerprint density at radius 2 is 1.62 bits per heavy atom. The van der Waals surface area contributed by atoms with Crippen molar-refractivity contribution in [3.63, 3.8) is 0 Å². The van der Waals surface area contributed by atoms with E-state index in [9.17, 15) is 23.5 Å². The summed E-state index contributed by atoms with van der Waals surface area (Å²) in [6.07, 6.45) is 1.49. The molecule has 0 heterocycles. The van der Waals surface area contributed by atoms with E-state index in [0.717, 1.165) is 18.1 Å². The molecule has 0 fully saturated rings. The van der Waals surface area contributed by atoms with Crippen molar-refractivity contribution in [3.05, 3.63) is 101 Å². The molecule has 3 N–H and O–H groups in total. The number of carboxylic acid groups (broad SMARTS) is 1. The van der Waals surface area contributed by atoms with Crippen LogP contribution in [0.4, 0.5) is 8.78 Å². The Morgan fingerprint density at radius 3 is 2.21 bits per heavy atom. The normalized spacial score (nSPS) is 10.8. The molecular weight excluding hydrogens is 502 g/mol. The number of ether oxygens (including phenoxy) is 1. The number of hydrogen-bond donors (Lipinski definition) is 2. The number of carbonyl (C=O) groups excluding carboxylic acids is 1. The van der Waals surface area contributed by atoms with Gasteiger partial charge in [0.2, 0.25) is 5.91 Å². The molecule has 210 valence electrons. The maximum atomic E-state index is 14.0. The zero-order valence-electron chi connectivity index (χ0n) is 23.0. The largest absolute Gasteiger partial charge is 0.489 e. The SMILES string of the molecule is CC(C)(C)N.CCCN(Cc1ccc(F)cc1F)C(=O)CCc1ccc(OCc2ccccc2C(=O)O)cc1. The van der Waals surface area contributed by atoms with Crippen molar-refractivity contribution < 1.29 is 28.2 Å². The summed E-state index contributed by atoms with van der Waals surface area (Å²) >= 11 is 0. The average Bonchev–Trinajstić information content (AvgIpc) is 2.87. The van der Waals surface area contributed by atoms with Crippen LogP contribution in [0.3, 0.4) is 0 Å². The van der Waals surface area contributed by atoms with E-state index in [1.807, 2.05) is 39.8 Å². The summed E-state index contributed by atoms with van der Waals surface area (Å²) in [4.78, 5) is 25.7. The Kier molecular flexibility index (Phi) is 12.1. The second-order valence-corrected chi connectivity index (χ2v) is 10.3. The number of halogens is 2. The van der Waals surface area contributed by atoms with Gasteiger partial charge >= 0.3 is 5.97 Å². The first-order valence-electron chi connectivity index (χ1n) is 12.9. The monoisotopic (exact) mass is 540 g/mol. The lowest BCUT2D eigenvalue weighted by atomic mass is 10.1. The summed E-state index contributed by atoms with van der Waals surface area (Å²) in [6, 6.07) is 17.3. The van der Waals surface area contributed by atoms with Gasteiger partial charge < -0.3 is 20.5 Å². The molecule has 6 nitrogen and oxygen atoms in total. The highest BCUT2D eigenvalue weighted by atomic mass is 19.1. The number of nitrogens with two attached hydrogens (primary N) is 1. The maximum Gasteiger partial charge on any atom is 0.336 e. The molecule has 0 atom stereocenters. The van der Waals surface area contributed by atoms with E-state index in [-0.39, 0.29) is 42.1 Å². The van der Waals surface area contributed by atoms with Gasteiger partial charge in [0.25, 0.3) is 0 Å². The third-order valence-electron chi connectivity index (χ3n) is 5.42. The molecule has 39 heavy (non-hydrogen) atoms. The number of amides is 1. The van der Waals surface area contributed by atoms with E-state index >= 15 is 0 Å². The first-order valence-corrected chi connectivity index (χ1v) is 12.9. The molecular formula is C31H38F2N2O4. The van der Waals surface area contributed by atoms with E-state index in [1.54, 1.807) is 35.2 Å². The summed E-state index contributed by atoms with van der Waals surface area (Å²) in [5.41, 5.74) is 7.37. The number of rotatable bonds is 11. The van der Waals surface area contributed by atoms with Crippen LogP contribution in [0, 0.1) is 11.6 Å². The van der Waals surface area contributed by atoms with E-state index in [0.29, 0.717) is 24.3 Å². The second-order valence-electron chi connectivity index (χ2n) is 10.3. The van der Waals surface area contributed by atoms with Crippen molar-refractivity contribution in [2.24, 2.45) is 5.73 Å². The predicted octanol–water partition coefficient (Wildman–Crippen LogP) is 6.36. The van der Waals surface area contributed by atoms with E-state index in [2.05, 4.69) is 0 Å². The number of carboxylic acids is 1. The molecule has 3 aromatic rings. The van der Waals surface area contributed by atoms with E-state index in [1.165, 1.54) is 18.2 Å². The molecule has 0 radical (unpaired) electrons. The summed E-state index contributed by atoms with van der Waals surface area (Å²) in [7, 11) is 0. The van der Waals surface area contributed by atoms with E-state index < -0.39 is 17.6 Å². The summed E-state index contributed by atoms with van der Waals surface area (Å²) in [6.45, 7) is 8.55. The van der Waals surface area contributed by atoms with Gasteiger partial charge in [-0.25, -0.2) is 13.6 Å². The highest BCUT2D eigenvalue weighted by molar-refractivity contribution is 5.89. The quantitative estimate of drug-likeness (QED) is 0.295. The molecule has 1 amide bonds. The van der Waals surface area contributed by atoms with Gasteiger partial charge in [-0.1, -0.05) is 43.3 Å². The Labute approximate surface area is 229 Å². The van der Waals surface area contributed by atoms with Gasteiger partial charge in [-0.3, -0.25) is 4.79 Å². The minimum absolute atomic E-state index is 0. The highest BCUT2D eigenvalue weighted by Crippen LogP contribution is 2.18. The fourth-order valence-electron chi connectivity index (χ4n) is 3.60. The molecule has 0 aliphatic heterocycles. The predicted molar refractivity (Wildman–Crippen MR) is 149 cm³/mol. The standard InChI is InChI=1S/C27H27F2NO4.C4H11N/c1-2-15-30(17-20-10-11-22(28)16-25(20)29)26(31)14-9-19-7-12-23(13-8-19)34-18-21-5-3-4-6-24(21)27(32)33;1-4(2,3)5/h3-8,10-13,16H,2,9,14-15,17-18H2,1H3,(H,32,33);5H2,1-3H3. The van der Waals surface area contributed by atoms with Crippen LogP contribution in [0.25, 0.3) is 0 Å². The Bertz CT molecular complexity index is 1220. The van der Waals surface area contributed by atoms with Gasteiger partial charge in [-0.05, 0) is 63.4 Å². The zero-order chi connectivity index (χ0) is 29.0. The Balaban J connectivity index is 0.000000976. The van der Waals surface area contributed by atoms with Crippen LogP contribution in [-0.2, 0) is 24.4 Å². The third kappa shape index (κ3) is 11.7. The summed E-state index contributed by atoms with van der Waals surface area (Å²) < 4.78 is 32.9. The molecule has 0 aromatic heterocycles. The van der Waals surface area contributed by atoms with Gasteiger partial charge in [0.1, 0.15) is 24.0 Å². The van der Waals surface area contributed by atoms with Crippen LogP contribution in [-0.4, -0.2) is 34.0 Å². The molecule has 0 bridgehead atoms. The average molecular weight is 541 g/mol. The smallest absolute Gasteiger partial charge is 0.336 e. The molecule has 0 aliphatic rings. The topological polar surface area (TPSA) is 92.9 Å². The maximum absolute atomic E-state index is 14.0. The number of aromatic carboxylic acids is 1. The zero-order valence-corrected chi connectivity index (χ0v) is 23.0. The number of carbonyl (C=O) groups is 2. The van der Waals surface area contributed by atoms with Gasteiger partial charge in [0.15, 0.2) is 0 Å². The highest BCUT2D eigenvalue weighted by Gasteiger charge is 2.16. The molecule has 0 unspecified atom stereocenters. The molecule has 0 saturated heterocycles. The van der Waals surface area contributed by atoms with E-state index in [4.69, 9.17) is 10.5 Å². The first-order chi connectivity index (χ1) is 18.4. The summed E-state index contributed by atoms with van der Waals surface area (Å²) in [5.74, 6) is -1.81. The lowest BCUT2D eigenvalue weighted by Crippen LogP contribution is -2.31. The van der Waals surface area contributed by atoms with Crippen LogP contribution >= 0.6 is 0 Å². The Morgan fingerprint density at radius 1 is 0.974 bits per heavy atom. The van der Waals surface area contributed by atoms with Crippen molar-refractivity contribution in [2.45, 2.75) is 65.6 Å². The van der Waals surface area contributed by atoms with Crippen LogP contribution in [0.2, 0.25) is 0 Å². The van der Waals surface area contributed by atoms with Gasteiger partial charge in [0, 0.05) is 42.2 Å². The summed E-state index contributed by atoms with van der Waals surface area (Å²) in [5, 5.41) is 9.26. The van der Waals surface area contributed by atoms with Gasteiger partial charge in [0.05, 0.1) is 5.56 Å². The molecule has 0 spiro atoms. The van der Waals surface area contributed by atoms with Gasteiger partial charge in [-0.15, -0.1) is 0 Å². The minimum atomic E-state index is -1.00. The van der Waals surface area contributed by atoms with Crippen LogP contribution in [0.1, 0.15) is 67.6 Å². The first kappa shape index (κ1) is 31.4. The lowest BCUT2D eigenvalue weighted by Gasteiger charge is -2.22. The van der Waals surface area contributed by atoms with Crippen molar-refractivity contribution in [1.29, 1.82) is 0 Å². The second kappa shape index (κ2) is 15.0. The third-order valence-corrected chi connectivity index (χ3v) is 5.42.